The van der Waals surface area contributed by atoms with Gasteiger partial charge in [0.25, 0.3) is 5.56 Å². The van der Waals surface area contributed by atoms with E-state index >= 15 is 0 Å². The molecule has 148 valence electrons. The minimum Gasteiger partial charge on any atom is -0.394 e. The quantitative estimate of drug-likeness (QED) is 0.781. The number of aliphatic hydroxyl groups excluding tert-OH is 1. The Hall–Kier alpha value is -2.36. The maximum Gasteiger partial charge on any atom is 0.330 e. The van der Waals surface area contributed by atoms with E-state index in [4.69, 9.17) is 4.74 Å². The number of aromatic amines is 1. The number of amides is 1. The molecule has 1 aromatic heterocycles. The van der Waals surface area contributed by atoms with E-state index in [9.17, 15) is 19.5 Å². The normalized spacial score (nSPS) is 27.5. The molecule has 2 aliphatic rings. The molecule has 2 N–H and O–H groups in total. The van der Waals surface area contributed by atoms with Crippen molar-refractivity contribution in [1.82, 2.24) is 14.5 Å². The number of aliphatic hydroxyl groups is 1. The Bertz CT molecular complexity index is 989. The van der Waals surface area contributed by atoms with E-state index in [-0.39, 0.29) is 23.9 Å². The third kappa shape index (κ3) is 3.30. The molecule has 3 heterocycles. The summed E-state index contributed by atoms with van der Waals surface area (Å²) >= 11 is 1.54. The number of aromatic nitrogens is 2. The standard InChI is InChI=1S/C19H21N3O5S/c1-11-8-21(19(26)20-17(11)25)16-7-13(14(9-23)27-16)22-15(24)10-28-18(22)12-5-3-2-4-6-12/h2-6,8,13-14,16,18,23H,7,9-10H2,1H3,(H,20,25,26)/t13-,14+,16+,18?/m0/s1. The van der Waals surface area contributed by atoms with Crippen LogP contribution in [-0.4, -0.2) is 50.0 Å². The van der Waals surface area contributed by atoms with Gasteiger partial charge in [0.1, 0.15) is 17.7 Å². The van der Waals surface area contributed by atoms with Crippen molar-refractivity contribution in [3.8, 4) is 0 Å². The van der Waals surface area contributed by atoms with Crippen LogP contribution in [0, 0.1) is 6.92 Å². The molecule has 0 saturated carbocycles. The molecule has 0 bridgehead atoms. The van der Waals surface area contributed by atoms with Gasteiger partial charge in [-0.05, 0) is 12.5 Å². The second kappa shape index (κ2) is 7.57. The number of ether oxygens (including phenoxy) is 1. The number of carbonyl (C=O) groups is 1. The minimum atomic E-state index is -0.667. The molecule has 4 atom stereocenters. The number of aryl methyl sites for hydroxylation is 1. The van der Waals surface area contributed by atoms with Crippen molar-refractivity contribution in [1.29, 1.82) is 0 Å². The lowest BCUT2D eigenvalue weighted by molar-refractivity contribution is -0.132. The van der Waals surface area contributed by atoms with Gasteiger partial charge in [-0.25, -0.2) is 4.79 Å². The van der Waals surface area contributed by atoms with Gasteiger partial charge in [0, 0.05) is 18.2 Å². The van der Waals surface area contributed by atoms with Crippen LogP contribution in [-0.2, 0) is 9.53 Å². The highest BCUT2D eigenvalue weighted by atomic mass is 32.2. The van der Waals surface area contributed by atoms with Crippen LogP contribution in [0.2, 0.25) is 0 Å². The number of hydrogen-bond acceptors (Lipinski definition) is 6. The molecule has 2 aliphatic heterocycles. The summed E-state index contributed by atoms with van der Waals surface area (Å²) in [5.74, 6) is 0.341. The maximum atomic E-state index is 12.7. The zero-order valence-corrected chi connectivity index (χ0v) is 16.1. The predicted octanol–water partition coefficient (Wildman–Crippen LogP) is 0.768. The number of nitrogens with one attached hydrogen (secondary N) is 1. The lowest BCUT2D eigenvalue weighted by Crippen LogP contribution is -2.44. The molecule has 2 aromatic rings. The zero-order valence-electron chi connectivity index (χ0n) is 15.3. The molecule has 1 unspecified atom stereocenters. The van der Waals surface area contributed by atoms with Crippen LogP contribution in [0.5, 0.6) is 0 Å². The highest BCUT2D eigenvalue weighted by Crippen LogP contribution is 2.44. The Morgan fingerprint density at radius 3 is 2.71 bits per heavy atom. The molecule has 2 fully saturated rings. The van der Waals surface area contributed by atoms with Gasteiger partial charge in [-0.3, -0.25) is 19.1 Å². The molecular formula is C19H21N3O5S. The fraction of sp³-hybridized carbons (Fsp3) is 0.421. The van der Waals surface area contributed by atoms with E-state index in [1.165, 1.54) is 22.5 Å². The molecule has 1 aromatic carbocycles. The van der Waals surface area contributed by atoms with Crippen molar-refractivity contribution in [3.05, 3.63) is 68.5 Å². The Kier molecular flexibility index (Phi) is 5.13. The number of H-pyrrole nitrogens is 1. The van der Waals surface area contributed by atoms with Crippen LogP contribution >= 0.6 is 11.8 Å². The molecule has 0 aliphatic carbocycles. The van der Waals surface area contributed by atoms with Crippen molar-refractivity contribution in [2.75, 3.05) is 12.4 Å². The number of benzene rings is 1. The summed E-state index contributed by atoms with van der Waals surface area (Å²) in [6.45, 7) is 1.34. The Balaban J connectivity index is 1.66. The first-order chi connectivity index (χ1) is 13.5. The van der Waals surface area contributed by atoms with Crippen LogP contribution in [0.3, 0.4) is 0 Å². The maximum absolute atomic E-state index is 12.7. The van der Waals surface area contributed by atoms with Crippen molar-refractivity contribution >= 4 is 17.7 Å². The lowest BCUT2D eigenvalue weighted by atomic mass is 10.1. The van der Waals surface area contributed by atoms with Gasteiger partial charge in [-0.1, -0.05) is 30.3 Å². The minimum absolute atomic E-state index is 0.0171. The van der Waals surface area contributed by atoms with Crippen LogP contribution in [0.25, 0.3) is 0 Å². The van der Waals surface area contributed by atoms with Crippen LogP contribution in [0.1, 0.15) is 29.1 Å². The highest BCUT2D eigenvalue weighted by molar-refractivity contribution is 8.00. The largest absolute Gasteiger partial charge is 0.394 e. The second-order valence-electron chi connectivity index (χ2n) is 6.97. The van der Waals surface area contributed by atoms with Gasteiger partial charge in [0.15, 0.2) is 0 Å². The van der Waals surface area contributed by atoms with E-state index in [1.807, 2.05) is 30.3 Å². The smallest absolute Gasteiger partial charge is 0.330 e. The van der Waals surface area contributed by atoms with Crippen LogP contribution in [0.15, 0.2) is 46.1 Å². The van der Waals surface area contributed by atoms with Gasteiger partial charge in [-0.2, -0.15) is 0 Å². The highest BCUT2D eigenvalue weighted by Gasteiger charge is 2.46. The van der Waals surface area contributed by atoms with Crippen LogP contribution < -0.4 is 11.2 Å². The van der Waals surface area contributed by atoms with E-state index < -0.39 is 23.6 Å². The molecule has 0 radical (unpaired) electrons. The van der Waals surface area contributed by atoms with Gasteiger partial charge >= 0.3 is 5.69 Å². The summed E-state index contributed by atoms with van der Waals surface area (Å²) in [6.07, 6.45) is 0.530. The Morgan fingerprint density at radius 1 is 1.25 bits per heavy atom. The number of carbonyl (C=O) groups excluding carboxylic acids is 1. The van der Waals surface area contributed by atoms with Crippen molar-refractivity contribution in [3.63, 3.8) is 0 Å². The fourth-order valence-corrected chi connectivity index (χ4v) is 5.05. The molecule has 28 heavy (non-hydrogen) atoms. The average molecular weight is 403 g/mol. The number of hydrogen-bond donors (Lipinski definition) is 2. The summed E-state index contributed by atoms with van der Waals surface area (Å²) in [5.41, 5.74) is 0.391. The second-order valence-corrected chi connectivity index (χ2v) is 8.04. The molecular weight excluding hydrogens is 382 g/mol. The van der Waals surface area contributed by atoms with E-state index in [0.29, 0.717) is 17.7 Å². The zero-order chi connectivity index (χ0) is 19.8. The molecule has 2 saturated heterocycles. The van der Waals surface area contributed by atoms with E-state index in [0.717, 1.165) is 5.56 Å². The van der Waals surface area contributed by atoms with Crippen molar-refractivity contribution in [2.45, 2.75) is 37.1 Å². The number of nitrogens with zero attached hydrogens (tertiary/aromatic N) is 2. The monoisotopic (exact) mass is 403 g/mol. The molecule has 0 spiro atoms. The first kappa shape index (κ1) is 19.0. The van der Waals surface area contributed by atoms with E-state index in [1.54, 1.807) is 11.8 Å². The van der Waals surface area contributed by atoms with Crippen LogP contribution in [0.4, 0.5) is 0 Å². The SMILES string of the molecule is Cc1cn([C@H]2C[C@H](N3C(=O)CSC3c3ccccc3)[C@@H](CO)O2)c(=O)[nH]c1=O. The van der Waals surface area contributed by atoms with Gasteiger partial charge in [-0.15, -0.1) is 11.8 Å². The predicted molar refractivity (Wildman–Crippen MR) is 104 cm³/mol. The van der Waals surface area contributed by atoms with Crippen molar-refractivity contribution in [2.24, 2.45) is 0 Å². The fourth-order valence-electron chi connectivity index (χ4n) is 3.81. The summed E-state index contributed by atoms with van der Waals surface area (Å²) in [4.78, 5) is 40.6. The van der Waals surface area contributed by atoms with Gasteiger partial charge in [0.05, 0.1) is 18.4 Å². The van der Waals surface area contributed by atoms with Crippen molar-refractivity contribution < 1.29 is 14.6 Å². The van der Waals surface area contributed by atoms with Gasteiger partial charge < -0.3 is 14.7 Å². The van der Waals surface area contributed by atoms with Gasteiger partial charge in [0.2, 0.25) is 5.91 Å². The Morgan fingerprint density at radius 2 is 2.00 bits per heavy atom. The number of thioether (sulfide) groups is 1. The summed E-state index contributed by atoms with van der Waals surface area (Å²) in [7, 11) is 0. The number of rotatable bonds is 4. The van der Waals surface area contributed by atoms with E-state index in [2.05, 4.69) is 4.98 Å². The summed E-state index contributed by atoms with van der Waals surface area (Å²) in [6, 6.07) is 9.35. The lowest BCUT2D eigenvalue weighted by Gasteiger charge is -2.32. The molecule has 1 amide bonds. The average Bonchev–Trinajstić information content (AvgIpc) is 3.28. The molecule has 4 rings (SSSR count). The summed E-state index contributed by atoms with van der Waals surface area (Å²) in [5, 5.41) is 9.69. The first-order valence-electron chi connectivity index (χ1n) is 9.05. The topological polar surface area (TPSA) is 105 Å². The summed E-state index contributed by atoms with van der Waals surface area (Å²) < 4.78 is 7.24. The molecule has 8 nitrogen and oxygen atoms in total. The first-order valence-corrected chi connectivity index (χ1v) is 10.1. The molecule has 9 heteroatoms. The Labute approximate surface area is 165 Å². The third-order valence-corrected chi connectivity index (χ3v) is 6.42. The third-order valence-electron chi connectivity index (χ3n) is 5.19.